The maximum atomic E-state index is 12.1. The molecule has 2 N–H and O–H groups in total. The lowest BCUT2D eigenvalue weighted by Gasteiger charge is -2.14. The van der Waals surface area contributed by atoms with Crippen molar-refractivity contribution in [3.05, 3.63) is 71.3 Å². The zero-order valence-corrected chi connectivity index (χ0v) is 15.1. The van der Waals surface area contributed by atoms with Gasteiger partial charge in [0.1, 0.15) is 0 Å². The summed E-state index contributed by atoms with van der Waals surface area (Å²) >= 11 is 0. The van der Waals surface area contributed by atoms with Gasteiger partial charge in [0.25, 0.3) is 0 Å². The molecule has 0 radical (unpaired) electrons. The molecule has 3 rings (SSSR count). The van der Waals surface area contributed by atoms with E-state index in [1.54, 1.807) is 0 Å². The average Bonchev–Trinajstić information content (AvgIpc) is 3.16. The van der Waals surface area contributed by atoms with Crippen molar-refractivity contribution in [2.75, 3.05) is 6.54 Å². The highest BCUT2D eigenvalue weighted by atomic mass is 35.5. The summed E-state index contributed by atoms with van der Waals surface area (Å²) in [5.41, 5.74) is 3.39. The van der Waals surface area contributed by atoms with E-state index in [9.17, 15) is 4.79 Å². The van der Waals surface area contributed by atoms with Crippen LogP contribution in [-0.4, -0.2) is 18.5 Å². The Hall–Kier alpha value is -1.88. The van der Waals surface area contributed by atoms with Gasteiger partial charge in [-0.15, -0.1) is 12.4 Å². The summed E-state index contributed by atoms with van der Waals surface area (Å²) in [5.74, 6) is 0.0903. The summed E-state index contributed by atoms with van der Waals surface area (Å²) in [4.78, 5) is 12.1. The molecule has 1 fully saturated rings. The second-order valence-corrected chi connectivity index (χ2v) is 6.11. The lowest BCUT2D eigenvalue weighted by molar-refractivity contribution is -0.122. The molecular formula is C20H25ClN2O2. The summed E-state index contributed by atoms with van der Waals surface area (Å²) in [6, 6.07) is 18.2. The van der Waals surface area contributed by atoms with Crippen LogP contribution in [0.5, 0.6) is 0 Å². The van der Waals surface area contributed by atoms with Crippen LogP contribution < -0.4 is 10.6 Å². The van der Waals surface area contributed by atoms with Crippen LogP contribution in [0.1, 0.15) is 29.5 Å². The molecule has 25 heavy (non-hydrogen) atoms. The van der Waals surface area contributed by atoms with Gasteiger partial charge < -0.3 is 15.4 Å². The number of hydrogen-bond acceptors (Lipinski definition) is 3. The quantitative estimate of drug-likeness (QED) is 0.797. The maximum absolute atomic E-state index is 12.1. The van der Waals surface area contributed by atoms with Crippen LogP contribution in [0.15, 0.2) is 54.6 Å². The molecule has 0 aliphatic carbocycles. The number of carbonyl (C=O) groups is 1. The summed E-state index contributed by atoms with van der Waals surface area (Å²) in [5, 5.41) is 6.26. The molecule has 1 aliphatic rings. The van der Waals surface area contributed by atoms with Crippen molar-refractivity contribution in [3.63, 3.8) is 0 Å². The van der Waals surface area contributed by atoms with Crippen molar-refractivity contribution in [2.24, 2.45) is 0 Å². The number of carbonyl (C=O) groups excluding carboxylic acids is 1. The van der Waals surface area contributed by atoms with Crippen molar-refractivity contribution < 1.29 is 9.53 Å². The molecule has 1 saturated heterocycles. The van der Waals surface area contributed by atoms with Crippen LogP contribution >= 0.6 is 12.4 Å². The third kappa shape index (κ3) is 5.85. The summed E-state index contributed by atoms with van der Waals surface area (Å²) in [7, 11) is 0. The van der Waals surface area contributed by atoms with Gasteiger partial charge in [-0.1, -0.05) is 54.6 Å². The smallest absolute Gasteiger partial charge is 0.237 e. The molecule has 1 aliphatic heterocycles. The lowest BCUT2D eigenvalue weighted by Crippen LogP contribution is -2.40. The van der Waals surface area contributed by atoms with Crippen molar-refractivity contribution in [2.45, 2.75) is 38.6 Å². The van der Waals surface area contributed by atoms with Gasteiger partial charge in [-0.2, -0.15) is 0 Å². The van der Waals surface area contributed by atoms with E-state index in [1.165, 1.54) is 0 Å². The fraction of sp³-hybridized carbons (Fsp3) is 0.350. The molecule has 0 bridgehead atoms. The number of halogens is 1. The van der Waals surface area contributed by atoms with E-state index >= 15 is 0 Å². The molecule has 4 nitrogen and oxygen atoms in total. The molecule has 1 atom stereocenters. The predicted molar refractivity (Wildman–Crippen MR) is 101 cm³/mol. The highest BCUT2D eigenvalue weighted by Gasteiger charge is 2.21. The molecule has 2 aromatic carbocycles. The van der Waals surface area contributed by atoms with E-state index in [4.69, 9.17) is 4.74 Å². The van der Waals surface area contributed by atoms with Crippen molar-refractivity contribution >= 4 is 18.3 Å². The minimum atomic E-state index is -0.0357. The van der Waals surface area contributed by atoms with Gasteiger partial charge in [-0.05, 0) is 36.1 Å². The zero-order chi connectivity index (χ0) is 16.6. The molecule has 0 spiro atoms. The van der Waals surface area contributed by atoms with Gasteiger partial charge in [-0.3, -0.25) is 4.79 Å². The van der Waals surface area contributed by atoms with Crippen molar-refractivity contribution in [1.29, 1.82) is 0 Å². The minimum absolute atomic E-state index is 0. The topological polar surface area (TPSA) is 50.4 Å². The summed E-state index contributed by atoms with van der Waals surface area (Å²) in [6.07, 6.45) is 2.00. The number of rotatable bonds is 7. The number of hydrogen-bond donors (Lipinski definition) is 2. The highest BCUT2D eigenvalue weighted by molar-refractivity contribution is 5.85. The molecule has 0 aromatic heterocycles. The molecule has 1 heterocycles. The average molecular weight is 361 g/mol. The Morgan fingerprint density at radius 1 is 1.04 bits per heavy atom. The second kappa shape index (κ2) is 10.2. The van der Waals surface area contributed by atoms with E-state index < -0.39 is 0 Å². The number of nitrogens with one attached hydrogen (secondary N) is 2. The normalized spacial score (nSPS) is 16.2. The van der Waals surface area contributed by atoms with Gasteiger partial charge in [0, 0.05) is 6.54 Å². The van der Waals surface area contributed by atoms with E-state index in [2.05, 4.69) is 28.8 Å². The molecule has 134 valence electrons. The SMILES string of the molecule is Cl.O=C(NCc1ccccc1COCc1ccccc1)C1CCCN1. The van der Waals surface area contributed by atoms with Gasteiger partial charge in [-0.25, -0.2) is 0 Å². The predicted octanol–water partition coefficient (Wildman–Crippen LogP) is 3.19. The molecule has 5 heteroatoms. The van der Waals surface area contributed by atoms with Crippen LogP contribution in [0.3, 0.4) is 0 Å². The second-order valence-electron chi connectivity index (χ2n) is 6.11. The Morgan fingerprint density at radius 2 is 1.76 bits per heavy atom. The van der Waals surface area contributed by atoms with E-state index in [1.807, 2.05) is 36.4 Å². The van der Waals surface area contributed by atoms with E-state index in [0.717, 1.165) is 36.1 Å². The number of ether oxygens (including phenoxy) is 1. The first-order valence-corrected chi connectivity index (χ1v) is 8.52. The van der Waals surface area contributed by atoms with Crippen LogP contribution in [0.25, 0.3) is 0 Å². The fourth-order valence-electron chi connectivity index (χ4n) is 2.94. The third-order valence-electron chi connectivity index (χ3n) is 4.32. The van der Waals surface area contributed by atoms with Gasteiger partial charge in [0.05, 0.1) is 19.3 Å². The van der Waals surface area contributed by atoms with Crippen LogP contribution in [0.4, 0.5) is 0 Å². The van der Waals surface area contributed by atoms with Crippen LogP contribution in [0.2, 0.25) is 0 Å². The van der Waals surface area contributed by atoms with E-state index in [-0.39, 0.29) is 24.4 Å². The van der Waals surface area contributed by atoms with Crippen molar-refractivity contribution in [3.8, 4) is 0 Å². The Balaban J connectivity index is 0.00000225. The first kappa shape index (κ1) is 19.4. The Morgan fingerprint density at radius 3 is 2.48 bits per heavy atom. The standard InChI is InChI=1S/C20H24N2O2.ClH/c23-20(19-11-6-12-21-19)22-13-17-9-4-5-10-18(17)15-24-14-16-7-2-1-3-8-16;/h1-5,7-10,19,21H,6,11-15H2,(H,22,23);1H. The first-order valence-electron chi connectivity index (χ1n) is 8.52. The molecule has 2 aromatic rings. The monoisotopic (exact) mass is 360 g/mol. The Kier molecular flexibility index (Phi) is 7.92. The highest BCUT2D eigenvalue weighted by Crippen LogP contribution is 2.12. The zero-order valence-electron chi connectivity index (χ0n) is 14.2. The molecule has 0 saturated carbocycles. The lowest BCUT2D eigenvalue weighted by atomic mass is 10.1. The van der Waals surface area contributed by atoms with Gasteiger partial charge in [0.15, 0.2) is 0 Å². The number of amides is 1. The Labute approximate surface area is 155 Å². The molecule has 1 unspecified atom stereocenters. The van der Waals surface area contributed by atoms with Crippen LogP contribution in [0, 0.1) is 0 Å². The minimum Gasteiger partial charge on any atom is -0.372 e. The van der Waals surface area contributed by atoms with Gasteiger partial charge in [0.2, 0.25) is 5.91 Å². The van der Waals surface area contributed by atoms with E-state index in [0.29, 0.717) is 19.8 Å². The third-order valence-corrected chi connectivity index (χ3v) is 4.32. The molecule has 1 amide bonds. The van der Waals surface area contributed by atoms with Crippen molar-refractivity contribution in [1.82, 2.24) is 10.6 Å². The van der Waals surface area contributed by atoms with Gasteiger partial charge >= 0.3 is 0 Å². The summed E-state index contributed by atoms with van der Waals surface area (Å²) in [6.45, 7) is 2.61. The van der Waals surface area contributed by atoms with Crippen LogP contribution in [-0.2, 0) is 29.3 Å². The first-order chi connectivity index (χ1) is 11.8. The summed E-state index contributed by atoms with van der Waals surface area (Å²) < 4.78 is 5.83. The number of benzene rings is 2. The maximum Gasteiger partial charge on any atom is 0.237 e. The molecular weight excluding hydrogens is 336 g/mol. The Bertz CT molecular complexity index is 658. The largest absolute Gasteiger partial charge is 0.372 e. The fourth-order valence-corrected chi connectivity index (χ4v) is 2.94.